The van der Waals surface area contributed by atoms with Gasteiger partial charge in [0.2, 0.25) is 5.91 Å². The standard InChI is InChI=1S/C19H26N2O3/c1-3-10-21-11-8-19(9-12-21)13-16(20-18(22)14-23-2)15-6-4-5-7-17(15)24-19/h3-7,16H,1,8-14H2,2H3,(H,20,22). The summed E-state index contributed by atoms with van der Waals surface area (Å²) in [6.45, 7) is 6.80. The maximum absolute atomic E-state index is 12.0. The summed E-state index contributed by atoms with van der Waals surface area (Å²) in [5.74, 6) is 0.807. The van der Waals surface area contributed by atoms with E-state index in [4.69, 9.17) is 9.47 Å². The molecule has 1 unspecified atom stereocenters. The third-order valence-electron chi connectivity index (χ3n) is 4.96. The highest BCUT2D eigenvalue weighted by atomic mass is 16.5. The molecule has 130 valence electrons. The van der Waals surface area contributed by atoms with Gasteiger partial charge in [-0.15, -0.1) is 6.58 Å². The lowest BCUT2D eigenvalue weighted by Gasteiger charge is -2.46. The van der Waals surface area contributed by atoms with Gasteiger partial charge in [-0.2, -0.15) is 0 Å². The Kier molecular flexibility index (Phi) is 5.21. The minimum absolute atomic E-state index is 0.0245. The number of methoxy groups -OCH3 is 1. The molecule has 1 aromatic rings. The fraction of sp³-hybridized carbons (Fsp3) is 0.526. The molecule has 5 nitrogen and oxygen atoms in total. The number of carbonyl (C=O) groups is 1. The Morgan fingerprint density at radius 2 is 2.21 bits per heavy atom. The molecular weight excluding hydrogens is 304 g/mol. The minimum Gasteiger partial charge on any atom is -0.487 e. The van der Waals surface area contributed by atoms with E-state index >= 15 is 0 Å². The van der Waals surface area contributed by atoms with Crippen molar-refractivity contribution < 1.29 is 14.3 Å². The van der Waals surface area contributed by atoms with Crippen LogP contribution < -0.4 is 10.1 Å². The lowest BCUT2D eigenvalue weighted by molar-refractivity contribution is -0.126. The van der Waals surface area contributed by atoms with Crippen LogP contribution in [0.1, 0.15) is 30.9 Å². The van der Waals surface area contributed by atoms with Crippen molar-refractivity contribution in [1.82, 2.24) is 10.2 Å². The average Bonchev–Trinajstić information content (AvgIpc) is 2.58. The topological polar surface area (TPSA) is 50.8 Å². The van der Waals surface area contributed by atoms with Gasteiger partial charge in [-0.25, -0.2) is 0 Å². The number of benzene rings is 1. The smallest absolute Gasteiger partial charge is 0.246 e. The number of amides is 1. The van der Waals surface area contributed by atoms with Crippen LogP contribution in [0.15, 0.2) is 36.9 Å². The van der Waals surface area contributed by atoms with Crippen LogP contribution in [-0.2, 0) is 9.53 Å². The van der Waals surface area contributed by atoms with E-state index in [9.17, 15) is 4.79 Å². The largest absolute Gasteiger partial charge is 0.487 e. The van der Waals surface area contributed by atoms with Crippen LogP contribution in [0, 0.1) is 0 Å². The number of fused-ring (bicyclic) bond motifs is 1. The molecule has 5 heteroatoms. The molecule has 2 aliphatic rings. The number of piperidine rings is 1. The summed E-state index contributed by atoms with van der Waals surface area (Å²) < 4.78 is 11.4. The van der Waals surface area contributed by atoms with E-state index in [0.717, 1.165) is 50.2 Å². The number of likely N-dealkylation sites (tertiary alicyclic amines) is 1. The Labute approximate surface area is 143 Å². The molecule has 0 radical (unpaired) electrons. The van der Waals surface area contributed by atoms with Crippen molar-refractivity contribution in [3.05, 3.63) is 42.5 Å². The molecule has 0 aliphatic carbocycles. The SMILES string of the molecule is C=CCN1CCC2(CC1)CC(NC(=O)COC)c1ccccc1O2. The summed E-state index contributed by atoms with van der Waals surface area (Å²) in [4.78, 5) is 14.4. The van der Waals surface area contributed by atoms with E-state index < -0.39 is 0 Å². The fourth-order valence-electron chi connectivity index (χ4n) is 3.75. The second-order valence-corrected chi connectivity index (χ2v) is 6.67. The average molecular weight is 330 g/mol. The van der Waals surface area contributed by atoms with Crippen molar-refractivity contribution in [2.75, 3.05) is 33.4 Å². The maximum atomic E-state index is 12.0. The van der Waals surface area contributed by atoms with Gasteiger partial charge in [-0.05, 0) is 18.9 Å². The molecule has 24 heavy (non-hydrogen) atoms. The number of hydrogen-bond donors (Lipinski definition) is 1. The van der Waals surface area contributed by atoms with Crippen molar-refractivity contribution in [2.45, 2.75) is 30.9 Å². The van der Waals surface area contributed by atoms with Crippen LogP contribution in [-0.4, -0.2) is 49.8 Å². The van der Waals surface area contributed by atoms with Crippen LogP contribution in [0.25, 0.3) is 0 Å². The zero-order valence-corrected chi connectivity index (χ0v) is 14.3. The summed E-state index contributed by atoms with van der Waals surface area (Å²) in [7, 11) is 1.54. The molecule has 1 aromatic carbocycles. The molecule has 1 fully saturated rings. The van der Waals surface area contributed by atoms with Gasteiger partial charge in [-0.3, -0.25) is 9.69 Å². The zero-order chi connectivity index (χ0) is 17.0. The van der Waals surface area contributed by atoms with E-state index in [2.05, 4.69) is 16.8 Å². The van der Waals surface area contributed by atoms with Gasteiger partial charge in [0.1, 0.15) is 18.0 Å². The number of ether oxygens (including phenoxy) is 2. The third kappa shape index (κ3) is 3.62. The molecular formula is C19H26N2O3. The molecule has 1 amide bonds. The lowest BCUT2D eigenvalue weighted by Crippen LogP contribution is -2.52. The number of para-hydroxylation sites is 1. The normalized spacial score (nSPS) is 22.5. The number of rotatable bonds is 5. The van der Waals surface area contributed by atoms with Crippen LogP contribution in [0.4, 0.5) is 0 Å². The first kappa shape index (κ1) is 17.0. The van der Waals surface area contributed by atoms with E-state index in [1.54, 1.807) is 0 Å². The van der Waals surface area contributed by atoms with Crippen LogP contribution in [0.3, 0.4) is 0 Å². The van der Waals surface area contributed by atoms with Crippen LogP contribution in [0.5, 0.6) is 5.75 Å². The molecule has 0 aromatic heterocycles. The van der Waals surface area contributed by atoms with Gasteiger partial charge in [0, 0.05) is 38.7 Å². The number of carbonyl (C=O) groups excluding carboxylic acids is 1. The van der Waals surface area contributed by atoms with Crippen LogP contribution >= 0.6 is 0 Å². The quantitative estimate of drug-likeness (QED) is 0.842. The summed E-state index contributed by atoms with van der Waals surface area (Å²) in [5.41, 5.74) is 0.859. The second kappa shape index (κ2) is 7.36. The Morgan fingerprint density at radius 1 is 1.46 bits per heavy atom. The Balaban J connectivity index is 1.77. The van der Waals surface area contributed by atoms with E-state index in [0.29, 0.717) is 0 Å². The first-order chi connectivity index (χ1) is 11.7. The Hall–Kier alpha value is -1.85. The lowest BCUT2D eigenvalue weighted by atomic mass is 9.80. The molecule has 0 bridgehead atoms. The van der Waals surface area contributed by atoms with Crippen molar-refractivity contribution in [3.8, 4) is 5.75 Å². The van der Waals surface area contributed by atoms with Gasteiger partial charge in [0.05, 0.1) is 6.04 Å². The molecule has 0 saturated carbocycles. The van der Waals surface area contributed by atoms with Gasteiger partial charge in [0.15, 0.2) is 0 Å². The molecule has 1 saturated heterocycles. The van der Waals surface area contributed by atoms with E-state index in [1.807, 2.05) is 30.3 Å². The van der Waals surface area contributed by atoms with Gasteiger partial charge < -0.3 is 14.8 Å². The van der Waals surface area contributed by atoms with Crippen molar-refractivity contribution in [3.63, 3.8) is 0 Å². The van der Waals surface area contributed by atoms with Crippen molar-refractivity contribution >= 4 is 5.91 Å². The first-order valence-corrected chi connectivity index (χ1v) is 8.55. The van der Waals surface area contributed by atoms with E-state index in [-0.39, 0.29) is 24.2 Å². The molecule has 3 rings (SSSR count). The molecule has 2 aliphatic heterocycles. The molecule has 1 spiro atoms. The molecule has 1 atom stereocenters. The number of hydrogen-bond acceptors (Lipinski definition) is 4. The summed E-state index contributed by atoms with van der Waals surface area (Å²) in [5, 5.41) is 3.11. The van der Waals surface area contributed by atoms with Gasteiger partial charge >= 0.3 is 0 Å². The second-order valence-electron chi connectivity index (χ2n) is 6.67. The first-order valence-electron chi connectivity index (χ1n) is 8.55. The molecule has 1 N–H and O–H groups in total. The van der Waals surface area contributed by atoms with Gasteiger partial charge in [-0.1, -0.05) is 24.3 Å². The zero-order valence-electron chi connectivity index (χ0n) is 14.3. The third-order valence-corrected chi connectivity index (χ3v) is 4.96. The highest BCUT2D eigenvalue weighted by Crippen LogP contribution is 2.44. The molecule has 2 heterocycles. The monoisotopic (exact) mass is 330 g/mol. The summed E-state index contributed by atoms with van der Waals surface area (Å²) >= 11 is 0. The maximum Gasteiger partial charge on any atom is 0.246 e. The van der Waals surface area contributed by atoms with Gasteiger partial charge in [0.25, 0.3) is 0 Å². The summed E-state index contributed by atoms with van der Waals surface area (Å²) in [6, 6.07) is 7.99. The van der Waals surface area contributed by atoms with Crippen molar-refractivity contribution in [2.24, 2.45) is 0 Å². The number of nitrogens with one attached hydrogen (secondary N) is 1. The summed E-state index contributed by atoms with van der Waals surface area (Å²) in [6.07, 6.45) is 4.68. The fourth-order valence-corrected chi connectivity index (χ4v) is 3.75. The predicted molar refractivity (Wildman–Crippen MR) is 93.0 cm³/mol. The Morgan fingerprint density at radius 3 is 2.92 bits per heavy atom. The number of nitrogens with zero attached hydrogens (tertiary/aromatic N) is 1. The van der Waals surface area contributed by atoms with Crippen molar-refractivity contribution in [1.29, 1.82) is 0 Å². The highest BCUT2D eigenvalue weighted by molar-refractivity contribution is 5.77. The predicted octanol–water partition coefficient (Wildman–Crippen LogP) is 2.29. The minimum atomic E-state index is -0.197. The Bertz CT molecular complexity index is 594. The van der Waals surface area contributed by atoms with E-state index in [1.165, 1.54) is 7.11 Å². The van der Waals surface area contributed by atoms with Crippen LogP contribution in [0.2, 0.25) is 0 Å². The highest BCUT2D eigenvalue weighted by Gasteiger charge is 2.43.